The van der Waals surface area contributed by atoms with Gasteiger partial charge in [-0.25, -0.2) is 0 Å². The van der Waals surface area contributed by atoms with E-state index in [0.29, 0.717) is 16.5 Å². The van der Waals surface area contributed by atoms with Crippen molar-refractivity contribution in [2.75, 3.05) is 6.54 Å². The molecule has 7 heteroatoms. The fourth-order valence-corrected chi connectivity index (χ4v) is 2.80. The molecule has 1 aliphatic heterocycles. The first-order valence-corrected chi connectivity index (χ1v) is 8.14. The minimum Gasteiger partial charge on any atom is -0.457 e. The second-order valence-corrected chi connectivity index (χ2v) is 6.06. The number of carbonyl (C=O) groups is 2. The Balaban J connectivity index is 1.92. The van der Waals surface area contributed by atoms with Gasteiger partial charge in [-0.15, -0.1) is 6.58 Å². The van der Waals surface area contributed by atoms with E-state index in [4.69, 9.17) is 28.2 Å². The third-order valence-corrected chi connectivity index (χ3v) is 4.08. The summed E-state index contributed by atoms with van der Waals surface area (Å²) in [5, 5.41) is 3.13. The van der Waals surface area contributed by atoms with Gasteiger partial charge in [0.05, 0.1) is 0 Å². The van der Waals surface area contributed by atoms with E-state index >= 15 is 0 Å². The summed E-state index contributed by atoms with van der Waals surface area (Å²) in [6.07, 6.45) is 2.92. The number of hydrogen-bond acceptors (Lipinski definition) is 4. The van der Waals surface area contributed by atoms with Crippen LogP contribution in [0.25, 0.3) is 17.4 Å². The number of benzene rings is 1. The number of halogens is 1. The highest BCUT2D eigenvalue weighted by atomic mass is 35.5. The molecule has 1 aromatic heterocycles. The molecule has 0 aliphatic carbocycles. The van der Waals surface area contributed by atoms with E-state index in [1.165, 1.54) is 17.1 Å². The van der Waals surface area contributed by atoms with Gasteiger partial charge < -0.3 is 4.42 Å². The van der Waals surface area contributed by atoms with Crippen LogP contribution in [0, 0.1) is 0 Å². The van der Waals surface area contributed by atoms with Crippen LogP contribution >= 0.6 is 23.8 Å². The van der Waals surface area contributed by atoms with Crippen LogP contribution in [0.3, 0.4) is 0 Å². The lowest BCUT2D eigenvalue weighted by molar-refractivity contribution is -0.128. The zero-order valence-electron chi connectivity index (χ0n) is 13.0. The monoisotopic (exact) mass is 372 g/mol. The molecule has 2 aromatic rings. The number of amides is 2. The molecular formula is C18H13ClN2O3S. The van der Waals surface area contributed by atoms with Gasteiger partial charge in [-0.1, -0.05) is 29.8 Å². The number of carbonyl (C=O) groups excluding carboxylic acids is 2. The Morgan fingerprint density at radius 1 is 1.28 bits per heavy atom. The summed E-state index contributed by atoms with van der Waals surface area (Å²) in [7, 11) is 0. The minimum absolute atomic E-state index is 0.0533. The van der Waals surface area contributed by atoms with Gasteiger partial charge in [0.15, 0.2) is 5.11 Å². The second-order valence-electron chi connectivity index (χ2n) is 5.23. The summed E-state index contributed by atoms with van der Waals surface area (Å²) in [4.78, 5) is 25.8. The van der Waals surface area contributed by atoms with Crippen LogP contribution in [0.2, 0.25) is 5.02 Å². The molecule has 1 N–H and O–H groups in total. The highest BCUT2D eigenvalue weighted by Gasteiger charge is 2.32. The Hall–Kier alpha value is -2.70. The first-order valence-electron chi connectivity index (χ1n) is 7.35. The van der Waals surface area contributed by atoms with Crippen molar-refractivity contribution in [1.29, 1.82) is 0 Å². The number of rotatable bonds is 4. The van der Waals surface area contributed by atoms with Crippen LogP contribution in [0.5, 0.6) is 0 Å². The fourth-order valence-electron chi connectivity index (χ4n) is 2.36. The van der Waals surface area contributed by atoms with E-state index in [9.17, 15) is 9.59 Å². The molecule has 126 valence electrons. The molecule has 25 heavy (non-hydrogen) atoms. The molecule has 1 saturated heterocycles. The van der Waals surface area contributed by atoms with Gasteiger partial charge in [0, 0.05) is 17.1 Å². The number of hydrogen-bond donors (Lipinski definition) is 1. The molecular weight excluding hydrogens is 360 g/mol. The second kappa shape index (κ2) is 7.04. The molecule has 5 nitrogen and oxygen atoms in total. The van der Waals surface area contributed by atoms with Gasteiger partial charge in [-0.3, -0.25) is 19.8 Å². The van der Waals surface area contributed by atoms with Crippen molar-refractivity contribution < 1.29 is 14.0 Å². The maximum Gasteiger partial charge on any atom is 0.266 e. The summed E-state index contributed by atoms with van der Waals surface area (Å²) in [6.45, 7) is 3.79. The van der Waals surface area contributed by atoms with E-state index < -0.39 is 11.8 Å². The normalized spacial score (nSPS) is 16.3. The van der Waals surface area contributed by atoms with Crippen molar-refractivity contribution in [2.24, 2.45) is 0 Å². The number of furan rings is 1. The van der Waals surface area contributed by atoms with Gasteiger partial charge in [0.2, 0.25) is 0 Å². The molecule has 1 fully saturated rings. The Morgan fingerprint density at radius 2 is 2.08 bits per heavy atom. The lowest BCUT2D eigenvalue weighted by Gasteiger charge is -2.27. The quantitative estimate of drug-likeness (QED) is 0.386. The van der Waals surface area contributed by atoms with Gasteiger partial charge in [-0.05, 0) is 42.6 Å². The Labute approximate surface area is 154 Å². The van der Waals surface area contributed by atoms with E-state index in [1.807, 2.05) is 12.1 Å². The molecule has 0 spiro atoms. The summed E-state index contributed by atoms with van der Waals surface area (Å²) in [5.74, 6) is -0.0956. The average molecular weight is 373 g/mol. The number of nitrogens with one attached hydrogen (secondary N) is 1. The maximum absolute atomic E-state index is 12.5. The van der Waals surface area contributed by atoms with E-state index in [2.05, 4.69) is 11.9 Å². The van der Waals surface area contributed by atoms with Crippen LogP contribution in [0.4, 0.5) is 0 Å². The molecule has 1 aromatic carbocycles. The Bertz CT molecular complexity index is 917. The number of nitrogens with zero attached hydrogens (tertiary/aromatic N) is 1. The predicted octanol–water partition coefficient (Wildman–Crippen LogP) is 3.41. The van der Waals surface area contributed by atoms with Crippen molar-refractivity contribution in [3.05, 3.63) is 65.4 Å². The van der Waals surface area contributed by atoms with Gasteiger partial charge in [0.25, 0.3) is 11.8 Å². The molecule has 3 rings (SSSR count). The molecule has 0 bridgehead atoms. The van der Waals surface area contributed by atoms with Crippen molar-refractivity contribution in [3.8, 4) is 11.3 Å². The fraction of sp³-hybridized carbons (Fsp3) is 0.0556. The Kier molecular flexibility index (Phi) is 4.83. The molecule has 0 atom stereocenters. The highest BCUT2D eigenvalue weighted by molar-refractivity contribution is 7.80. The predicted molar refractivity (Wildman–Crippen MR) is 99.8 cm³/mol. The standard InChI is InChI=1S/C18H13ClN2O3S/c1-2-8-21-17(23)14(16(22)20-18(21)25)10-13-6-7-15(24-13)11-4-3-5-12(19)9-11/h2-7,9-10H,1,8H2,(H,20,22,25). The molecule has 0 radical (unpaired) electrons. The molecule has 2 amide bonds. The molecule has 0 saturated carbocycles. The molecule has 1 aliphatic rings. The zero-order valence-corrected chi connectivity index (χ0v) is 14.6. The lowest BCUT2D eigenvalue weighted by atomic mass is 10.1. The first-order chi connectivity index (χ1) is 12.0. The smallest absolute Gasteiger partial charge is 0.266 e. The van der Waals surface area contributed by atoms with Crippen LogP contribution in [-0.4, -0.2) is 28.4 Å². The SMILES string of the molecule is C=CCN1C(=O)C(=Cc2ccc(-c3cccc(Cl)c3)o2)C(=O)NC1=S. The van der Waals surface area contributed by atoms with Crippen LogP contribution in [0.1, 0.15) is 5.76 Å². The van der Waals surface area contributed by atoms with Gasteiger partial charge >= 0.3 is 0 Å². The summed E-state index contributed by atoms with van der Waals surface area (Å²) < 4.78 is 5.71. The first kappa shape index (κ1) is 17.1. The maximum atomic E-state index is 12.5. The van der Waals surface area contributed by atoms with Crippen LogP contribution in [-0.2, 0) is 9.59 Å². The van der Waals surface area contributed by atoms with Crippen LogP contribution in [0.15, 0.2) is 59.0 Å². The summed E-state index contributed by atoms with van der Waals surface area (Å²) in [5.41, 5.74) is 0.744. The van der Waals surface area contributed by atoms with E-state index in [1.54, 1.807) is 24.3 Å². The third-order valence-electron chi connectivity index (χ3n) is 3.52. The van der Waals surface area contributed by atoms with E-state index in [0.717, 1.165) is 5.56 Å². The van der Waals surface area contributed by atoms with Crippen molar-refractivity contribution in [1.82, 2.24) is 10.2 Å². The van der Waals surface area contributed by atoms with Gasteiger partial charge in [0.1, 0.15) is 17.1 Å². The zero-order chi connectivity index (χ0) is 18.0. The Morgan fingerprint density at radius 3 is 2.80 bits per heavy atom. The average Bonchev–Trinajstić information content (AvgIpc) is 3.04. The largest absolute Gasteiger partial charge is 0.457 e. The summed E-state index contributed by atoms with van der Waals surface area (Å²) >= 11 is 11.0. The highest BCUT2D eigenvalue weighted by Crippen LogP contribution is 2.26. The third kappa shape index (κ3) is 3.55. The van der Waals surface area contributed by atoms with Crippen molar-refractivity contribution in [2.45, 2.75) is 0 Å². The molecule has 0 unspecified atom stereocenters. The topological polar surface area (TPSA) is 62.6 Å². The minimum atomic E-state index is -0.559. The number of thiocarbonyl (C=S) groups is 1. The lowest BCUT2D eigenvalue weighted by Crippen LogP contribution is -2.53. The summed E-state index contributed by atoms with van der Waals surface area (Å²) in [6, 6.07) is 10.6. The van der Waals surface area contributed by atoms with Crippen molar-refractivity contribution in [3.63, 3.8) is 0 Å². The molecule has 2 heterocycles. The van der Waals surface area contributed by atoms with Crippen molar-refractivity contribution >= 4 is 46.8 Å². The van der Waals surface area contributed by atoms with Crippen LogP contribution < -0.4 is 5.32 Å². The van der Waals surface area contributed by atoms with Gasteiger partial charge in [-0.2, -0.15) is 0 Å². The van der Waals surface area contributed by atoms with E-state index in [-0.39, 0.29) is 17.2 Å².